The Morgan fingerprint density at radius 3 is 2.61 bits per heavy atom. The molecule has 1 aromatic heterocycles. The maximum atomic E-state index is 5.28. The summed E-state index contributed by atoms with van der Waals surface area (Å²) in [6.45, 7) is 1.51. The number of methoxy groups -OCH3 is 3. The molecule has 0 aliphatic rings. The lowest BCUT2D eigenvalue weighted by Gasteiger charge is -2.11. The van der Waals surface area contributed by atoms with Crippen LogP contribution in [0, 0.1) is 0 Å². The molecule has 0 saturated carbocycles. The van der Waals surface area contributed by atoms with Gasteiger partial charge in [-0.1, -0.05) is 0 Å². The van der Waals surface area contributed by atoms with E-state index in [0.717, 1.165) is 31.1 Å². The molecule has 1 heterocycles. The summed E-state index contributed by atoms with van der Waals surface area (Å²) in [7, 11) is 4.89. The summed E-state index contributed by atoms with van der Waals surface area (Å²) in [4.78, 5) is 8.64. The number of benzene rings is 1. The Bertz CT molecular complexity index is 622. The lowest BCUT2D eigenvalue weighted by Crippen LogP contribution is -2.07. The van der Waals surface area contributed by atoms with Crippen LogP contribution in [0.3, 0.4) is 0 Å². The van der Waals surface area contributed by atoms with E-state index in [2.05, 4.69) is 20.6 Å². The van der Waals surface area contributed by atoms with Gasteiger partial charge in [0.15, 0.2) is 11.5 Å². The van der Waals surface area contributed by atoms with E-state index in [1.165, 1.54) is 0 Å². The van der Waals surface area contributed by atoms with Gasteiger partial charge >= 0.3 is 0 Å². The molecule has 2 aromatic rings. The fourth-order valence-corrected chi connectivity index (χ4v) is 1.99. The third-order valence-electron chi connectivity index (χ3n) is 3.13. The molecule has 0 spiro atoms. The van der Waals surface area contributed by atoms with E-state index >= 15 is 0 Å². The summed E-state index contributed by atoms with van der Waals surface area (Å²) >= 11 is 0. The summed E-state index contributed by atoms with van der Waals surface area (Å²) in [6, 6.07) is 7.37. The van der Waals surface area contributed by atoms with Gasteiger partial charge in [-0.2, -0.15) is 4.98 Å². The number of ether oxygens (including phenoxy) is 3. The zero-order chi connectivity index (χ0) is 16.5. The molecule has 7 nitrogen and oxygen atoms in total. The highest BCUT2D eigenvalue weighted by Crippen LogP contribution is 2.30. The van der Waals surface area contributed by atoms with E-state index in [-0.39, 0.29) is 0 Å². The minimum Gasteiger partial charge on any atom is -0.493 e. The zero-order valence-corrected chi connectivity index (χ0v) is 13.6. The SMILES string of the molecule is COCCCNc1ccnc(Nc2ccc(OC)c(OC)c2)n1. The molecule has 0 saturated heterocycles. The highest BCUT2D eigenvalue weighted by molar-refractivity contribution is 5.60. The monoisotopic (exact) mass is 318 g/mol. The maximum absolute atomic E-state index is 5.28. The normalized spacial score (nSPS) is 10.2. The molecule has 1 aromatic carbocycles. The van der Waals surface area contributed by atoms with Gasteiger partial charge in [-0.15, -0.1) is 0 Å². The van der Waals surface area contributed by atoms with Crippen molar-refractivity contribution in [2.75, 3.05) is 45.1 Å². The molecule has 0 atom stereocenters. The Morgan fingerprint density at radius 1 is 1.04 bits per heavy atom. The fourth-order valence-electron chi connectivity index (χ4n) is 1.99. The van der Waals surface area contributed by atoms with Gasteiger partial charge in [0.25, 0.3) is 0 Å². The van der Waals surface area contributed by atoms with Crippen molar-refractivity contribution >= 4 is 17.5 Å². The van der Waals surface area contributed by atoms with E-state index < -0.39 is 0 Å². The average Bonchev–Trinajstić information content (AvgIpc) is 2.59. The molecule has 0 unspecified atom stereocenters. The number of nitrogens with zero attached hydrogens (tertiary/aromatic N) is 2. The highest BCUT2D eigenvalue weighted by Gasteiger charge is 2.06. The second-order valence-corrected chi connectivity index (χ2v) is 4.73. The zero-order valence-electron chi connectivity index (χ0n) is 13.6. The molecule has 0 bridgehead atoms. The first kappa shape index (κ1) is 16.8. The van der Waals surface area contributed by atoms with Crippen LogP contribution in [0.15, 0.2) is 30.5 Å². The van der Waals surface area contributed by atoms with Crippen molar-refractivity contribution in [1.82, 2.24) is 9.97 Å². The van der Waals surface area contributed by atoms with Gasteiger partial charge < -0.3 is 24.8 Å². The largest absolute Gasteiger partial charge is 0.493 e. The van der Waals surface area contributed by atoms with E-state index in [1.54, 1.807) is 27.5 Å². The van der Waals surface area contributed by atoms with Gasteiger partial charge in [0, 0.05) is 38.2 Å². The minimum absolute atomic E-state index is 0.508. The summed E-state index contributed by atoms with van der Waals surface area (Å²) in [6.07, 6.45) is 2.62. The number of hydrogen-bond acceptors (Lipinski definition) is 7. The molecule has 0 fully saturated rings. The smallest absolute Gasteiger partial charge is 0.229 e. The molecule has 0 aliphatic carbocycles. The standard InChI is InChI=1S/C16H22N4O3/c1-21-10-4-8-17-15-7-9-18-16(20-15)19-12-5-6-13(22-2)14(11-12)23-3/h5-7,9,11H,4,8,10H2,1-3H3,(H2,17,18,19,20). The van der Waals surface area contributed by atoms with E-state index in [9.17, 15) is 0 Å². The third-order valence-corrected chi connectivity index (χ3v) is 3.13. The summed E-state index contributed by atoms with van der Waals surface area (Å²) in [5.74, 6) is 2.59. The third kappa shape index (κ3) is 5.00. The fraction of sp³-hybridized carbons (Fsp3) is 0.375. The van der Waals surface area contributed by atoms with Crippen molar-refractivity contribution in [2.45, 2.75) is 6.42 Å². The van der Waals surface area contributed by atoms with E-state index in [1.807, 2.05) is 24.3 Å². The van der Waals surface area contributed by atoms with Crippen LogP contribution in [-0.4, -0.2) is 44.4 Å². The van der Waals surface area contributed by atoms with Crippen LogP contribution in [0.5, 0.6) is 11.5 Å². The molecule has 124 valence electrons. The number of nitrogens with one attached hydrogen (secondary N) is 2. The van der Waals surface area contributed by atoms with Crippen LogP contribution in [0.4, 0.5) is 17.5 Å². The van der Waals surface area contributed by atoms with Crippen molar-refractivity contribution in [1.29, 1.82) is 0 Å². The van der Waals surface area contributed by atoms with Crippen molar-refractivity contribution < 1.29 is 14.2 Å². The molecule has 2 rings (SSSR count). The average molecular weight is 318 g/mol. The van der Waals surface area contributed by atoms with Crippen molar-refractivity contribution in [2.24, 2.45) is 0 Å². The van der Waals surface area contributed by atoms with Crippen LogP contribution < -0.4 is 20.1 Å². The van der Waals surface area contributed by atoms with E-state index in [4.69, 9.17) is 14.2 Å². The molecule has 0 radical (unpaired) electrons. The van der Waals surface area contributed by atoms with Crippen LogP contribution >= 0.6 is 0 Å². The quantitative estimate of drug-likeness (QED) is 0.688. The highest BCUT2D eigenvalue weighted by atomic mass is 16.5. The Labute approximate surface area is 136 Å². The van der Waals surface area contributed by atoms with Crippen molar-refractivity contribution in [3.8, 4) is 11.5 Å². The Hall–Kier alpha value is -2.54. The molecular weight excluding hydrogens is 296 g/mol. The van der Waals surface area contributed by atoms with Gasteiger partial charge in [0.1, 0.15) is 5.82 Å². The summed E-state index contributed by atoms with van der Waals surface area (Å²) < 4.78 is 15.5. The number of anilines is 3. The lowest BCUT2D eigenvalue weighted by molar-refractivity contribution is 0.198. The van der Waals surface area contributed by atoms with Gasteiger partial charge in [0.05, 0.1) is 14.2 Å². The second-order valence-electron chi connectivity index (χ2n) is 4.73. The van der Waals surface area contributed by atoms with Gasteiger partial charge in [-0.05, 0) is 24.6 Å². The van der Waals surface area contributed by atoms with Crippen molar-refractivity contribution in [3.05, 3.63) is 30.5 Å². The molecule has 7 heteroatoms. The molecular formula is C16H22N4O3. The molecule has 23 heavy (non-hydrogen) atoms. The first-order valence-electron chi connectivity index (χ1n) is 7.31. The van der Waals surface area contributed by atoms with Gasteiger partial charge in [-0.25, -0.2) is 4.98 Å². The van der Waals surface area contributed by atoms with Gasteiger partial charge in [-0.3, -0.25) is 0 Å². The second kappa shape index (κ2) is 8.79. The maximum Gasteiger partial charge on any atom is 0.229 e. The lowest BCUT2D eigenvalue weighted by atomic mass is 10.3. The van der Waals surface area contributed by atoms with E-state index in [0.29, 0.717) is 17.4 Å². The summed E-state index contributed by atoms with van der Waals surface area (Å²) in [5, 5.41) is 6.38. The van der Waals surface area contributed by atoms with Crippen LogP contribution in [-0.2, 0) is 4.74 Å². The predicted octanol–water partition coefficient (Wildman–Crippen LogP) is 2.69. The first-order chi connectivity index (χ1) is 11.3. The number of rotatable bonds is 9. The Balaban J connectivity index is 2.02. The van der Waals surface area contributed by atoms with Gasteiger partial charge in [0.2, 0.25) is 5.95 Å². The van der Waals surface area contributed by atoms with Crippen molar-refractivity contribution in [3.63, 3.8) is 0 Å². The molecule has 0 amide bonds. The summed E-state index contributed by atoms with van der Waals surface area (Å²) in [5.41, 5.74) is 0.819. The number of aromatic nitrogens is 2. The Kier molecular flexibility index (Phi) is 6.43. The van der Waals surface area contributed by atoms with Crippen LogP contribution in [0.2, 0.25) is 0 Å². The van der Waals surface area contributed by atoms with Crippen LogP contribution in [0.1, 0.15) is 6.42 Å². The Morgan fingerprint density at radius 2 is 1.87 bits per heavy atom. The number of hydrogen-bond donors (Lipinski definition) is 2. The minimum atomic E-state index is 0.508. The van der Waals surface area contributed by atoms with Crippen LogP contribution in [0.25, 0.3) is 0 Å². The molecule has 2 N–H and O–H groups in total. The predicted molar refractivity (Wildman–Crippen MR) is 89.8 cm³/mol. The molecule has 0 aliphatic heterocycles. The topological polar surface area (TPSA) is 77.5 Å². The first-order valence-corrected chi connectivity index (χ1v) is 7.31.